The minimum absolute atomic E-state index is 0.394. The second-order valence-corrected chi connectivity index (χ2v) is 8.85. The minimum Gasteiger partial charge on any atom is -0.491 e. The molecule has 3 aromatic carbocycles. The summed E-state index contributed by atoms with van der Waals surface area (Å²) in [5, 5.41) is 7.63. The first-order valence-electron chi connectivity index (χ1n) is 11.4. The Morgan fingerprint density at radius 2 is 1.82 bits per heavy atom. The van der Waals surface area contributed by atoms with Crippen LogP contribution in [0.1, 0.15) is 42.0 Å². The molecule has 0 saturated carbocycles. The second-order valence-electron chi connectivity index (χ2n) is 8.85. The van der Waals surface area contributed by atoms with Gasteiger partial charge in [-0.15, -0.1) is 0 Å². The monoisotopic (exact) mass is 435 g/mol. The van der Waals surface area contributed by atoms with Crippen molar-refractivity contribution < 1.29 is 4.74 Å². The van der Waals surface area contributed by atoms with Gasteiger partial charge < -0.3 is 20.8 Å². The first-order valence-corrected chi connectivity index (χ1v) is 11.4. The molecular weight excluding hydrogens is 406 g/mol. The number of hydrogen-bond donors (Lipinski definition) is 2. The third-order valence-corrected chi connectivity index (χ3v) is 6.85. The third-order valence-electron chi connectivity index (χ3n) is 6.85. The van der Waals surface area contributed by atoms with Crippen LogP contribution in [0.25, 0.3) is 16.8 Å². The highest BCUT2D eigenvalue weighted by atomic mass is 16.5. The molecule has 1 unspecified atom stereocenters. The van der Waals surface area contributed by atoms with Crippen LogP contribution in [-0.4, -0.2) is 24.3 Å². The lowest BCUT2D eigenvalue weighted by atomic mass is 9.90. The number of nitrogen functional groups attached to an aromatic ring is 1. The van der Waals surface area contributed by atoms with Gasteiger partial charge in [-0.1, -0.05) is 55.0 Å². The molecule has 3 N–H and O–H groups in total. The van der Waals surface area contributed by atoms with Crippen LogP contribution in [0.2, 0.25) is 0 Å². The zero-order valence-electron chi connectivity index (χ0n) is 19.1. The van der Waals surface area contributed by atoms with Gasteiger partial charge in [0, 0.05) is 46.8 Å². The van der Waals surface area contributed by atoms with Crippen LogP contribution in [-0.2, 0) is 6.54 Å². The zero-order valence-corrected chi connectivity index (χ0v) is 19.1. The summed E-state index contributed by atoms with van der Waals surface area (Å²) in [5.41, 5.74) is 15.9. The highest BCUT2D eigenvalue weighted by molar-refractivity contribution is 5.87. The molecule has 1 heterocycles. The van der Waals surface area contributed by atoms with Gasteiger partial charge in [0.15, 0.2) is 0 Å². The normalized spacial score (nSPS) is 17.5. The van der Waals surface area contributed by atoms with Gasteiger partial charge in [-0.3, -0.25) is 0 Å². The van der Waals surface area contributed by atoms with Gasteiger partial charge in [-0.25, -0.2) is 0 Å². The molecule has 4 heteroatoms. The van der Waals surface area contributed by atoms with Crippen LogP contribution in [0.5, 0.6) is 5.75 Å². The van der Waals surface area contributed by atoms with Crippen molar-refractivity contribution in [1.29, 1.82) is 5.41 Å². The number of ether oxygens (including phenoxy) is 1. The van der Waals surface area contributed by atoms with Crippen molar-refractivity contribution in [2.45, 2.75) is 26.3 Å². The van der Waals surface area contributed by atoms with Crippen molar-refractivity contribution in [2.75, 3.05) is 18.9 Å². The summed E-state index contributed by atoms with van der Waals surface area (Å²) < 4.78 is 6.15. The first-order chi connectivity index (χ1) is 16.0. The fourth-order valence-corrected chi connectivity index (χ4v) is 4.73. The van der Waals surface area contributed by atoms with Crippen molar-refractivity contribution in [2.24, 2.45) is 0 Å². The van der Waals surface area contributed by atoms with E-state index in [-0.39, 0.29) is 0 Å². The second kappa shape index (κ2) is 8.62. The molecule has 0 radical (unpaired) electrons. The molecule has 1 atom stereocenters. The third kappa shape index (κ3) is 3.93. The fourth-order valence-electron chi connectivity index (χ4n) is 4.73. The van der Waals surface area contributed by atoms with E-state index in [2.05, 4.69) is 73.4 Å². The van der Waals surface area contributed by atoms with Crippen LogP contribution in [0.3, 0.4) is 0 Å². The molecule has 1 aliphatic carbocycles. The van der Waals surface area contributed by atoms with Crippen molar-refractivity contribution in [1.82, 2.24) is 4.90 Å². The quantitative estimate of drug-likeness (QED) is 0.378. The van der Waals surface area contributed by atoms with Gasteiger partial charge >= 0.3 is 0 Å². The maximum absolute atomic E-state index is 7.63. The van der Waals surface area contributed by atoms with Gasteiger partial charge in [-0.05, 0) is 54.0 Å². The van der Waals surface area contributed by atoms with Gasteiger partial charge in [-0.2, -0.15) is 0 Å². The molecular formula is C29H29N3O. The molecule has 0 saturated heterocycles. The Labute approximate surface area is 195 Å². The molecule has 1 aliphatic heterocycles. The van der Waals surface area contributed by atoms with E-state index < -0.39 is 0 Å². The summed E-state index contributed by atoms with van der Waals surface area (Å²) in [6.07, 6.45) is 5.83. The minimum atomic E-state index is 0.394. The van der Waals surface area contributed by atoms with Gasteiger partial charge in [0.2, 0.25) is 0 Å². The van der Waals surface area contributed by atoms with Gasteiger partial charge in [0.1, 0.15) is 12.4 Å². The molecule has 0 amide bonds. The maximum Gasteiger partial charge on any atom is 0.124 e. The SMILES string of the molecule is CC1=CC=C(N2CCOc3ccc(-c4ccc(N)c(C=N)c4)cc3C2)c2ccccc2C1C. The predicted molar refractivity (Wildman–Crippen MR) is 137 cm³/mol. The predicted octanol–water partition coefficient (Wildman–Crippen LogP) is 6.23. The number of nitrogens with two attached hydrogens (primary N) is 1. The highest BCUT2D eigenvalue weighted by Crippen LogP contribution is 2.37. The van der Waals surface area contributed by atoms with E-state index in [4.69, 9.17) is 15.9 Å². The Hall–Kier alpha value is -3.79. The van der Waals surface area contributed by atoms with E-state index in [9.17, 15) is 0 Å². The average molecular weight is 436 g/mol. The molecule has 0 bridgehead atoms. The van der Waals surface area contributed by atoms with Gasteiger partial charge in [0.25, 0.3) is 0 Å². The van der Waals surface area contributed by atoms with Crippen molar-refractivity contribution in [3.8, 4) is 16.9 Å². The Morgan fingerprint density at radius 1 is 1.03 bits per heavy atom. The summed E-state index contributed by atoms with van der Waals surface area (Å²) in [7, 11) is 0. The van der Waals surface area contributed by atoms with E-state index in [1.165, 1.54) is 28.6 Å². The first kappa shape index (κ1) is 21.1. The lowest BCUT2D eigenvalue weighted by molar-refractivity contribution is 0.283. The Balaban J connectivity index is 1.53. The summed E-state index contributed by atoms with van der Waals surface area (Å²) in [5.74, 6) is 1.33. The summed E-state index contributed by atoms with van der Waals surface area (Å²) >= 11 is 0. The van der Waals surface area contributed by atoms with Crippen LogP contribution in [0, 0.1) is 5.41 Å². The van der Waals surface area contributed by atoms with E-state index in [0.29, 0.717) is 18.2 Å². The molecule has 33 heavy (non-hydrogen) atoms. The summed E-state index contributed by atoms with van der Waals surface area (Å²) in [6, 6.07) is 21.0. The largest absolute Gasteiger partial charge is 0.491 e. The summed E-state index contributed by atoms with van der Waals surface area (Å²) in [4.78, 5) is 2.43. The Morgan fingerprint density at radius 3 is 2.67 bits per heavy atom. The standard InChI is InChI=1S/C29H29N3O/c1-19-7-11-28(26-6-4-3-5-25(26)20(19)2)32-13-14-33-29-12-9-22(16-24(29)18-32)21-8-10-27(31)23(15-21)17-30/h3-12,15-17,20,30H,13-14,18,31H2,1-2H3. The number of fused-ring (bicyclic) bond motifs is 2. The molecule has 5 rings (SSSR count). The lowest BCUT2D eigenvalue weighted by Crippen LogP contribution is -2.24. The molecule has 3 aromatic rings. The number of anilines is 1. The number of rotatable bonds is 3. The zero-order chi connectivity index (χ0) is 22.9. The molecule has 0 aromatic heterocycles. The van der Waals surface area contributed by atoms with E-state index in [0.717, 1.165) is 41.1 Å². The van der Waals surface area contributed by atoms with E-state index in [1.54, 1.807) is 0 Å². The Kier molecular flexibility index (Phi) is 5.51. The summed E-state index contributed by atoms with van der Waals surface area (Å²) in [6.45, 7) is 6.74. The Bertz CT molecular complexity index is 1290. The van der Waals surface area contributed by atoms with Crippen molar-refractivity contribution in [3.05, 3.63) is 101 Å². The fraction of sp³-hybridized carbons (Fsp3) is 0.207. The number of allylic oxidation sites excluding steroid dienone is 3. The van der Waals surface area contributed by atoms with Crippen LogP contribution >= 0.6 is 0 Å². The van der Waals surface area contributed by atoms with Crippen LogP contribution < -0.4 is 10.5 Å². The smallest absolute Gasteiger partial charge is 0.124 e. The van der Waals surface area contributed by atoms with Crippen LogP contribution in [0.15, 0.2) is 78.4 Å². The molecule has 0 spiro atoms. The maximum atomic E-state index is 7.63. The van der Waals surface area contributed by atoms with Crippen molar-refractivity contribution >= 4 is 17.6 Å². The molecule has 4 nitrogen and oxygen atoms in total. The molecule has 0 fully saturated rings. The van der Waals surface area contributed by atoms with Gasteiger partial charge in [0.05, 0.1) is 6.54 Å². The highest BCUT2D eigenvalue weighted by Gasteiger charge is 2.23. The van der Waals surface area contributed by atoms with E-state index >= 15 is 0 Å². The lowest BCUT2D eigenvalue weighted by Gasteiger charge is -2.27. The number of nitrogens with zero attached hydrogens (tertiary/aromatic N) is 1. The molecule has 166 valence electrons. The topological polar surface area (TPSA) is 62.3 Å². The number of nitrogens with one attached hydrogen (secondary N) is 1. The average Bonchev–Trinajstić information content (AvgIpc) is 3.12. The van der Waals surface area contributed by atoms with Crippen molar-refractivity contribution in [3.63, 3.8) is 0 Å². The molecule has 2 aliphatic rings. The number of benzene rings is 3. The van der Waals surface area contributed by atoms with Crippen LogP contribution in [0.4, 0.5) is 5.69 Å². The van der Waals surface area contributed by atoms with E-state index in [1.807, 2.05) is 18.2 Å². The number of hydrogen-bond acceptors (Lipinski definition) is 4.